The van der Waals surface area contributed by atoms with Gasteiger partial charge < -0.3 is 0 Å². The van der Waals surface area contributed by atoms with E-state index in [2.05, 4.69) is 29.4 Å². The molecule has 0 amide bonds. The van der Waals surface area contributed by atoms with Gasteiger partial charge in [0.05, 0.1) is 5.66 Å². The number of hydrogen-bond donors (Lipinski definition) is 2. The van der Waals surface area contributed by atoms with E-state index in [1.807, 2.05) is 0 Å². The van der Waals surface area contributed by atoms with E-state index in [1.54, 1.807) is 0 Å². The summed E-state index contributed by atoms with van der Waals surface area (Å²) in [5, 5.41) is 7.33. The number of nitrogens with one attached hydrogen (secondary N) is 2. The van der Waals surface area contributed by atoms with Crippen LogP contribution in [0.2, 0.25) is 0 Å². The van der Waals surface area contributed by atoms with Crippen LogP contribution in [0.25, 0.3) is 0 Å². The zero-order chi connectivity index (χ0) is 10.0. The van der Waals surface area contributed by atoms with Crippen LogP contribution < -0.4 is 10.6 Å². The van der Waals surface area contributed by atoms with Crippen molar-refractivity contribution in [3.05, 3.63) is 0 Å². The third-order valence-electron chi connectivity index (χ3n) is 3.53. The Morgan fingerprint density at radius 3 is 2.50 bits per heavy atom. The van der Waals surface area contributed by atoms with Crippen molar-refractivity contribution in [3.8, 4) is 0 Å². The van der Waals surface area contributed by atoms with E-state index in [4.69, 9.17) is 0 Å². The molecule has 0 unspecified atom stereocenters. The van der Waals surface area contributed by atoms with Crippen molar-refractivity contribution in [2.45, 2.75) is 44.8 Å². The summed E-state index contributed by atoms with van der Waals surface area (Å²) in [7, 11) is 0. The second-order valence-electron chi connectivity index (χ2n) is 4.96. The molecule has 2 rings (SSSR count). The maximum atomic E-state index is 3.67. The molecule has 2 aliphatic heterocycles. The van der Waals surface area contributed by atoms with E-state index in [9.17, 15) is 0 Å². The van der Waals surface area contributed by atoms with Gasteiger partial charge in [-0.25, -0.2) is 0 Å². The maximum Gasteiger partial charge on any atom is 0.0818 e. The third-order valence-corrected chi connectivity index (χ3v) is 3.53. The third kappa shape index (κ3) is 2.10. The first-order chi connectivity index (χ1) is 6.72. The summed E-state index contributed by atoms with van der Waals surface area (Å²) in [5.74, 6) is 0. The molecule has 2 aliphatic rings. The average molecular weight is 197 g/mol. The standard InChI is InChI=1S/C11H23N3/c1-10(2)14-8-3-5-11(9-14)12-6-4-7-13-11/h10,12-13H,3-9H2,1-2H3. The van der Waals surface area contributed by atoms with Crippen LogP contribution >= 0.6 is 0 Å². The first-order valence-electron chi connectivity index (χ1n) is 5.96. The molecule has 0 aliphatic carbocycles. The van der Waals surface area contributed by atoms with Crippen LogP contribution in [0.1, 0.15) is 33.1 Å². The number of piperidine rings is 1. The summed E-state index contributed by atoms with van der Waals surface area (Å²) < 4.78 is 0. The molecule has 0 aromatic carbocycles. The van der Waals surface area contributed by atoms with Crippen LogP contribution in [0.5, 0.6) is 0 Å². The smallest absolute Gasteiger partial charge is 0.0818 e. The SMILES string of the molecule is CC(C)N1CCCC2(C1)NCCCN2. The maximum absolute atomic E-state index is 3.67. The minimum absolute atomic E-state index is 0.237. The van der Waals surface area contributed by atoms with Gasteiger partial charge in [0.15, 0.2) is 0 Å². The molecule has 0 aromatic rings. The van der Waals surface area contributed by atoms with Crippen LogP contribution in [-0.2, 0) is 0 Å². The lowest BCUT2D eigenvalue weighted by Crippen LogP contribution is -2.68. The number of hydrogen-bond acceptors (Lipinski definition) is 3. The molecule has 0 saturated carbocycles. The second kappa shape index (κ2) is 4.17. The summed E-state index contributed by atoms with van der Waals surface area (Å²) >= 11 is 0. The molecule has 3 heteroatoms. The zero-order valence-electron chi connectivity index (χ0n) is 9.47. The fourth-order valence-corrected chi connectivity index (χ4v) is 2.62. The normalized spacial score (nSPS) is 28.5. The van der Waals surface area contributed by atoms with E-state index in [0.717, 1.165) is 0 Å². The molecule has 0 radical (unpaired) electrons. The van der Waals surface area contributed by atoms with Gasteiger partial charge in [0.1, 0.15) is 0 Å². The summed E-state index contributed by atoms with van der Waals surface area (Å²) in [6.45, 7) is 9.38. The summed E-state index contributed by atoms with van der Waals surface area (Å²) in [6, 6.07) is 0.678. The van der Waals surface area contributed by atoms with Crippen LogP contribution in [0.3, 0.4) is 0 Å². The van der Waals surface area contributed by atoms with Crippen molar-refractivity contribution in [3.63, 3.8) is 0 Å². The molecule has 0 atom stereocenters. The van der Waals surface area contributed by atoms with Crippen molar-refractivity contribution < 1.29 is 0 Å². The highest BCUT2D eigenvalue weighted by Gasteiger charge is 2.36. The lowest BCUT2D eigenvalue weighted by molar-refractivity contribution is 0.0624. The minimum atomic E-state index is 0.237. The van der Waals surface area contributed by atoms with Crippen molar-refractivity contribution in [2.24, 2.45) is 0 Å². The monoisotopic (exact) mass is 197 g/mol. The number of nitrogens with zero attached hydrogens (tertiary/aromatic N) is 1. The van der Waals surface area contributed by atoms with Crippen molar-refractivity contribution in [2.75, 3.05) is 26.2 Å². The first-order valence-corrected chi connectivity index (χ1v) is 5.96. The van der Waals surface area contributed by atoms with Gasteiger partial charge in [0.25, 0.3) is 0 Å². The van der Waals surface area contributed by atoms with Gasteiger partial charge in [-0.3, -0.25) is 15.5 Å². The Bertz CT molecular complexity index is 179. The van der Waals surface area contributed by atoms with Gasteiger partial charge in [-0.2, -0.15) is 0 Å². The van der Waals surface area contributed by atoms with Gasteiger partial charge in [-0.15, -0.1) is 0 Å². The van der Waals surface area contributed by atoms with Gasteiger partial charge in [-0.05, 0) is 52.7 Å². The fraction of sp³-hybridized carbons (Fsp3) is 1.00. The highest BCUT2D eigenvalue weighted by Crippen LogP contribution is 2.21. The van der Waals surface area contributed by atoms with Gasteiger partial charge in [0, 0.05) is 12.6 Å². The zero-order valence-corrected chi connectivity index (χ0v) is 9.47. The van der Waals surface area contributed by atoms with E-state index >= 15 is 0 Å². The molecule has 3 nitrogen and oxygen atoms in total. The Kier molecular flexibility index (Phi) is 3.10. The summed E-state index contributed by atoms with van der Waals surface area (Å²) in [4.78, 5) is 2.58. The Morgan fingerprint density at radius 1 is 1.14 bits per heavy atom. The molecule has 1 spiro atoms. The number of rotatable bonds is 1. The van der Waals surface area contributed by atoms with Crippen LogP contribution in [0.15, 0.2) is 0 Å². The Hall–Kier alpha value is -0.120. The molecule has 2 saturated heterocycles. The minimum Gasteiger partial charge on any atom is -0.298 e. The molecular formula is C11H23N3. The van der Waals surface area contributed by atoms with Crippen LogP contribution in [-0.4, -0.2) is 42.8 Å². The van der Waals surface area contributed by atoms with Crippen molar-refractivity contribution in [1.29, 1.82) is 0 Å². The lowest BCUT2D eigenvalue weighted by atomic mass is 9.95. The molecule has 82 valence electrons. The largest absolute Gasteiger partial charge is 0.298 e. The molecule has 0 bridgehead atoms. The van der Waals surface area contributed by atoms with E-state index in [0.29, 0.717) is 6.04 Å². The van der Waals surface area contributed by atoms with Gasteiger partial charge in [0.2, 0.25) is 0 Å². The predicted octanol–water partition coefficient (Wildman–Crippen LogP) is 0.770. The summed E-state index contributed by atoms with van der Waals surface area (Å²) in [6.07, 6.45) is 3.87. The lowest BCUT2D eigenvalue weighted by Gasteiger charge is -2.47. The Balaban J connectivity index is 1.97. The van der Waals surface area contributed by atoms with Gasteiger partial charge in [-0.1, -0.05) is 0 Å². The van der Waals surface area contributed by atoms with Gasteiger partial charge >= 0.3 is 0 Å². The number of likely N-dealkylation sites (tertiary alicyclic amines) is 1. The topological polar surface area (TPSA) is 27.3 Å². The van der Waals surface area contributed by atoms with E-state index in [-0.39, 0.29) is 5.66 Å². The Morgan fingerprint density at radius 2 is 1.86 bits per heavy atom. The molecular weight excluding hydrogens is 174 g/mol. The molecule has 2 fully saturated rings. The highest BCUT2D eigenvalue weighted by molar-refractivity contribution is 4.95. The van der Waals surface area contributed by atoms with E-state index in [1.165, 1.54) is 45.4 Å². The van der Waals surface area contributed by atoms with E-state index < -0.39 is 0 Å². The first kappa shape index (κ1) is 10.4. The quantitative estimate of drug-likeness (QED) is 0.650. The molecule has 2 N–H and O–H groups in total. The average Bonchev–Trinajstić information content (AvgIpc) is 2.19. The van der Waals surface area contributed by atoms with Crippen LogP contribution in [0, 0.1) is 0 Å². The van der Waals surface area contributed by atoms with Crippen LogP contribution in [0.4, 0.5) is 0 Å². The fourth-order valence-electron chi connectivity index (χ4n) is 2.62. The second-order valence-corrected chi connectivity index (χ2v) is 4.96. The molecule has 0 aromatic heterocycles. The van der Waals surface area contributed by atoms with Crippen molar-refractivity contribution in [1.82, 2.24) is 15.5 Å². The molecule has 2 heterocycles. The highest BCUT2D eigenvalue weighted by atomic mass is 15.3. The Labute approximate surface area is 87.2 Å². The summed E-state index contributed by atoms with van der Waals surface area (Å²) in [5.41, 5.74) is 0.237. The van der Waals surface area contributed by atoms with Crippen molar-refractivity contribution >= 4 is 0 Å². The predicted molar refractivity (Wildman–Crippen MR) is 59.3 cm³/mol. The molecule has 14 heavy (non-hydrogen) atoms.